The van der Waals surface area contributed by atoms with E-state index in [0.717, 1.165) is 21.1 Å². The quantitative estimate of drug-likeness (QED) is 0.665. The third kappa shape index (κ3) is 3.72. The van der Waals surface area contributed by atoms with Gasteiger partial charge in [-0.2, -0.15) is 0 Å². The summed E-state index contributed by atoms with van der Waals surface area (Å²) in [4.78, 5) is 5.47. The summed E-state index contributed by atoms with van der Waals surface area (Å²) in [5.74, 6) is 0. The molecule has 0 amide bonds. The van der Waals surface area contributed by atoms with Crippen molar-refractivity contribution in [2.75, 3.05) is 0 Å². The number of benzene rings is 1. The van der Waals surface area contributed by atoms with Crippen LogP contribution in [0.3, 0.4) is 0 Å². The van der Waals surface area contributed by atoms with Crippen LogP contribution in [-0.2, 0) is 9.31 Å². The molecule has 1 aliphatic heterocycles. The fraction of sp³-hybridized carbons (Fsp3) is 0.526. The summed E-state index contributed by atoms with van der Waals surface area (Å²) in [6.45, 7) is 14.8. The second-order valence-corrected chi connectivity index (χ2v) is 9.46. The lowest BCUT2D eigenvalue weighted by Crippen LogP contribution is -2.41. The third-order valence-electron chi connectivity index (χ3n) is 4.79. The molecule has 0 atom stereocenters. The zero-order valence-corrected chi connectivity index (χ0v) is 17.0. The van der Waals surface area contributed by atoms with Crippen molar-refractivity contribution in [2.45, 2.75) is 70.1 Å². The van der Waals surface area contributed by atoms with Gasteiger partial charge in [0.25, 0.3) is 0 Å². The van der Waals surface area contributed by atoms with E-state index in [1.54, 1.807) is 11.9 Å². The molecule has 1 aliphatic rings. The molecule has 1 N–H and O–H groups in total. The number of pyridine rings is 1. The van der Waals surface area contributed by atoms with E-state index in [4.69, 9.17) is 9.31 Å². The number of fused-ring (bicyclic) bond motifs is 1. The van der Waals surface area contributed by atoms with E-state index in [-0.39, 0.29) is 23.9 Å². The van der Waals surface area contributed by atoms with E-state index >= 15 is 0 Å². The van der Waals surface area contributed by atoms with Crippen LogP contribution in [0, 0.1) is 0 Å². The molecular formula is C19H27BN2O2S. The maximum atomic E-state index is 6.25. The first kappa shape index (κ1) is 18.7. The van der Waals surface area contributed by atoms with Crippen LogP contribution < -0.4 is 10.2 Å². The van der Waals surface area contributed by atoms with Crippen molar-refractivity contribution in [3.8, 4) is 0 Å². The molecule has 3 rings (SSSR count). The second kappa shape index (κ2) is 6.27. The van der Waals surface area contributed by atoms with Crippen molar-refractivity contribution < 1.29 is 9.31 Å². The van der Waals surface area contributed by atoms with E-state index in [0.29, 0.717) is 0 Å². The Kier molecular flexibility index (Phi) is 4.69. The maximum Gasteiger partial charge on any atom is 0.495 e. The van der Waals surface area contributed by atoms with Crippen molar-refractivity contribution in [1.29, 1.82) is 0 Å². The molecule has 0 aliphatic carbocycles. The van der Waals surface area contributed by atoms with E-state index in [9.17, 15) is 0 Å². The van der Waals surface area contributed by atoms with Gasteiger partial charge in [-0.1, -0.05) is 6.07 Å². The SMILES string of the molecule is CC(C)(C)NSc1ccc(B2OC(C)(C)C(C)(C)O2)c2ccncc12. The lowest BCUT2D eigenvalue weighted by atomic mass is 9.76. The molecule has 1 aromatic heterocycles. The number of hydrogen-bond acceptors (Lipinski definition) is 5. The molecule has 2 aromatic rings. The highest BCUT2D eigenvalue weighted by atomic mass is 32.2. The van der Waals surface area contributed by atoms with E-state index in [2.05, 4.69) is 70.3 Å². The molecule has 2 heterocycles. The van der Waals surface area contributed by atoms with Gasteiger partial charge in [0.2, 0.25) is 0 Å². The monoisotopic (exact) mass is 358 g/mol. The van der Waals surface area contributed by atoms with Crippen molar-refractivity contribution in [1.82, 2.24) is 9.71 Å². The van der Waals surface area contributed by atoms with Gasteiger partial charge in [-0.05, 0) is 83.4 Å². The predicted octanol–water partition coefficient (Wildman–Crippen LogP) is 3.93. The topological polar surface area (TPSA) is 43.4 Å². The molecule has 0 bridgehead atoms. The Balaban J connectivity index is 1.99. The molecule has 25 heavy (non-hydrogen) atoms. The average Bonchev–Trinajstić information content (AvgIpc) is 2.72. The van der Waals surface area contributed by atoms with Crippen LogP contribution >= 0.6 is 11.9 Å². The summed E-state index contributed by atoms with van der Waals surface area (Å²) in [6.07, 6.45) is 3.74. The number of rotatable bonds is 3. The minimum absolute atomic E-state index is 0.0313. The molecule has 0 spiro atoms. The first-order valence-electron chi connectivity index (χ1n) is 8.66. The van der Waals surface area contributed by atoms with Gasteiger partial charge < -0.3 is 9.31 Å². The maximum absolute atomic E-state index is 6.25. The van der Waals surface area contributed by atoms with Crippen LogP contribution in [0.1, 0.15) is 48.5 Å². The highest BCUT2D eigenvalue weighted by Crippen LogP contribution is 2.37. The van der Waals surface area contributed by atoms with Crippen LogP contribution in [0.25, 0.3) is 10.8 Å². The molecule has 4 nitrogen and oxygen atoms in total. The Morgan fingerprint density at radius 2 is 1.64 bits per heavy atom. The highest BCUT2D eigenvalue weighted by Gasteiger charge is 2.52. The Hall–Kier alpha value is -1.08. The Morgan fingerprint density at radius 1 is 1.00 bits per heavy atom. The van der Waals surface area contributed by atoms with Gasteiger partial charge in [-0.15, -0.1) is 0 Å². The van der Waals surface area contributed by atoms with Gasteiger partial charge in [-0.25, -0.2) is 0 Å². The number of nitrogens with one attached hydrogen (secondary N) is 1. The summed E-state index contributed by atoms with van der Waals surface area (Å²) in [5, 5.41) is 2.23. The largest absolute Gasteiger partial charge is 0.495 e. The number of hydrogen-bond donors (Lipinski definition) is 1. The number of nitrogens with zero attached hydrogens (tertiary/aromatic N) is 1. The van der Waals surface area contributed by atoms with Crippen LogP contribution in [0.5, 0.6) is 0 Å². The lowest BCUT2D eigenvalue weighted by Gasteiger charge is -2.32. The molecular weight excluding hydrogens is 331 g/mol. The van der Waals surface area contributed by atoms with Crippen molar-refractivity contribution in [3.05, 3.63) is 30.6 Å². The van der Waals surface area contributed by atoms with Gasteiger partial charge in [-0.3, -0.25) is 9.71 Å². The van der Waals surface area contributed by atoms with Crippen LogP contribution in [0.15, 0.2) is 35.5 Å². The normalized spacial score (nSPS) is 19.6. The highest BCUT2D eigenvalue weighted by molar-refractivity contribution is 7.97. The van der Waals surface area contributed by atoms with Crippen molar-refractivity contribution in [3.63, 3.8) is 0 Å². The third-order valence-corrected chi connectivity index (χ3v) is 6.08. The standard InChI is InChI=1S/C19H27BN2O2S/c1-17(2,3)22-25-16-9-8-15(13-10-11-21-12-14(13)16)20-23-18(4,5)19(6,7)24-20/h8-12,22H,1-7H3. The smallest absolute Gasteiger partial charge is 0.399 e. The predicted molar refractivity (Wildman–Crippen MR) is 106 cm³/mol. The molecule has 6 heteroatoms. The van der Waals surface area contributed by atoms with Gasteiger partial charge in [0, 0.05) is 28.2 Å². The zero-order valence-electron chi connectivity index (χ0n) is 16.1. The van der Waals surface area contributed by atoms with E-state index in [1.165, 1.54) is 0 Å². The van der Waals surface area contributed by atoms with Crippen LogP contribution in [0.4, 0.5) is 0 Å². The number of aromatic nitrogens is 1. The fourth-order valence-electron chi connectivity index (χ4n) is 2.66. The summed E-state index contributed by atoms with van der Waals surface area (Å²) in [5.41, 5.74) is 0.385. The Bertz CT molecular complexity index is 771. The van der Waals surface area contributed by atoms with Gasteiger partial charge in [0.1, 0.15) is 0 Å². The molecule has 1 fully saturated rings. The Morgan fingerprint density at radius 3 is 2.24 bits per heavy atom. The molecule has 0 radical (unpaired) electrons. The first-order chi connectivity index (χ1) is 11.5. The fourth-order valence-corrected chi connectivity index (χ4v) is 3.49. The van der Waals surface area contributed by atoms with Crippen molar-refractivity contribution >= 4 is 35.3 Å². The lowest BCUT2D eigenvalue weighted by molar-refractivity contribution is 0.00578. The van der Waals surface area contributed by atoms with Gasteiger partial charge >= 0.3 is 7.12 Å². The van der Waals surface area contributed by atoms with E-state index < -0.39 is 0 Å². The Labute approximate surface area is 155 Å². The van der Waals surface area contributed by atoms with Gasteiger partial charge in [0.15, 0.2) is 0 Å². The minimum Gasteiger partial charge on any atom is -0.399 e. The average molecular weight is 358 g/mol. The van der Waals surface area contributed by atoms with Crippen LogP contribution in [-0.4, -0.2) is 28.8 Å². The molecule has 0 unspecified atom stereocenters. The summed E-state index contributed by atoms with van der Waals surface area (Å²) in [6, 6.07) is 6.27. The first-order valence-corrected chi connectivity index (χ1v) is 9.48. The second-order valence-electron chi connectivity index (χ2n) is 8.62. The molecule has 1 saturated heterocycles. The molecule has 134 valence electrons. The summed E-state index contributed by atoms with van der Waals surface area (Å²) in [7, 11) is -0.371. The summed E-state index contributed by atoms with van der Waals surface area (Å²) < 4.78 is 16.0. The van der Waals surface area contributed by atoms with Gasteiger partial charge in [0.05, 0.1) is 11.2 Å². The van der Waals surface area contributed by atoms with Crippen LogP contribution in [0.2, 0.25) is 0 Å². The minimum atomic E-state index is -0.371. The van der Waals surface area contributed by atoms with E-state index in [1.807, 2.05) is 18.5 Å². The molecule has 0 saturated carbocycles. The zero-order chi connectivity index (χ0) is 18.5. The molecule has 1 aromatic carbocycles. The van der Waals surface area contributed by atoms with Crippen molar-refractivity contribution in [2.24, 2.45) is 0 Å². The summed E-state index contributed by atoms with van der Waals surface area (Å²) >= 11 is 1.64.